The molecule has 110 valence electrons. The van der Waals surface area contributed by atoms with Gasteiger partial charge < -0.3 is 21.3 Å². The lowest BCUT2D eigenvalue weighted by Gasteiger charge is -2.29. The molecule has 0 aromatic rings. The van der Waals surface area contributed by atoms with Crippen LogP contribution in [0.25, 0.3) is 0 Å². The lowest BCUT2D eigenvalue weighted by atomic mass is 9.96. The average molecular weight is 270 g/mol. The van der Waals surface area contributed by atoms with Crippen LogP contribution in [0.2, 0.25) is 0 Å². The zero-order valence-corrected chi connectivity index (χ0v) is 12.0. The molecule has 1 aliphatic rings. The topological polar surface area (TPSA) is 82.3 Å². The number of rotatable bonds is 7. The van der Waals surface area contributed by atoms with Gasteiger partial charge in [-0.05, 0) is 26.3 Å². The van der Waals surface area contributed by atoms with Crippen LogP contribution in [0, 0.1) is 0 Å². The van der Waals surface area contributed by atoms with Crippen molar-refractivity contribution in [2.45, 2.75) is 45.1 Å². The maximum atomic E-state index is 12.3. The van der Waals surface area contributed by atoms with Gasteiger partial charge in [-0.25, -0.2) is 4.79 Å². The molecule has 4 N–H and O–H groups in total. The molecule has 0 atom stereocenters. The van der Waals surface area contributed by atoms with Crippen LogP contribution < -0.4 is 21.3 Å². The number of hydrogen-bond acceptors (Lipinski definition) is 3. The smallest absolute Gasteiger partial charge is 0.315 e. The Morgan fingerprint density at radius 1 is 1.00 bits per heavy atom. The van der Waals surface area contributed by atoms with Gasteiger partial charge in [-0.1, -0.05) is 19.8 Å². The molecule has 3 amide bonds. The minimum atomic E-state index is -0.717. The van der Waals surface area contributed by atoms with E-state index in [1.165, 1.54) is 0 Å². The molecule has 6 nitrogen and oxygen atoms in total. The van der Waals surface area contributed by atoms with E-state index in [0.29, 0.717) is 13.1 Å². The van der Waals surface area contributed by atoms with E-state index in [0.717, 1.165) is 38.8 Å². The van der Waals surface area contributed by atoms with Gasteiger partial charge in [0, 0.05) is 19.6 Å². The van der Waals surface area contributed by atoms with Crippen LogP contribution in [0.15, 0.2) is 0 Å². The fourth-order valence-corrected chi connectivity index (χ4v) is 2.42. The van der Waals surface area contributed by atoms with E-state index in [9.17, 15) is 9.59 Å². The van der Waals surface area contributed by atoms with Crippen LogP contribution in [0.4, 0.5) is 4.79 Å². The number of carbonyl (C=O) groups excluding carboxylic acids is 2. The molecule has 0 aromatic carbocycles. The second kappa shape index (κ2) is 7.99. The highest BCUT2D eigenvalue weighted by Crippen LogP contribution is 2.29. The number of urea groups is 1. The van der Waals surface area contributed by atoms with Gasteiger partial charge in [0.25, 0.3) is 0 Å². The van der Waals surface area contributed by atoms with Crippen LogP contribution in [0.5, 0.6) is 0 Å². The highest BCUT2D eigenvalue weighted by atomic mass is 16.2. The van der Waals surface area contributed by atoms with Crippen molar-refractivity contribution in [1.82, 2.24) is 21.3 Å². The molecule has 0 saturated heterocycles. The molecule has 0 bridgehead atoms. The Morgan fingerprint density at radius 2 is 1.68 bits per heavy atom. The molecular weight excluding hydrogens is 244 g/mol. The Hall–Kier alpha value is -1.30. The molecule has 1 fully saturated rings. The van der Waals surface area contributed by atoms with Crippen LogP contribution in [-0.2, 0) is 4.79 Å². The number of amides is 3. The van der Waals surface area contributed by atoms with Gasteiger partial charge in [-0.3, -0.25) is 4.79 Å². The fraction of sp³-hybridized carbons (Fsp3) is 0.846. The summed E-state index contributed by atoms with van der Waals surface area (Å²) in [7, 11) is 0. The standard InChI is InChI=1S/C13H26N4O2/c1-3-14-9-10-16-11(18)13(7-5-6-8-13)17-12(19)15-4-2/h14H,3-10H2,1-2H3,(H,16,18)(H2,15,17,19). The van der Waals surface area contributed by atoms with E-state index in [-0.39, 0.29) is 11.9 Å². The summed E-state index contributed by atoms with van der Waals surface area (Å²) in [5.74, 6) is -0.0610. The van der Waals surface area contributed by atoms with E-state index in [4.69, 9.17) is 0 Å². The Kier molecular flexibility index (Phi) is 6.62. The average Bonchev–Trinajstić information content (AvgIpc) is 2.84. The zero-order valence-electron chi connectivity index (χ0n) is 12.0. The monoisotopic (exact) mass is 270 g/mol. The van der Waals surface area contributed by atoms with E-state index in [2.05, 4.69) is 21.3 Å². The van der Waals surface area contributed by atoms with Crippen molar-refractivity contribution in [3.63, 3.8) is 0 Å². The van der Waals surface area contributed by atoms with Crippen molar-refractivity contribution in [3.05, 3.63) is 0 Å². The molecule has 0 spiro atoms. The molecule has 0 aromatic heterocycles. The third kappa shape index (κ3) is 4.70. The quantitative estimate of drug-likeness (QED) is 0.504. The van der Waals surface area contributed by atoms with E-state index < -0.39 is 5.54 Å². The van der Waals surface area contributed by atoms with Crippen molar-refractivity contribution in [3.8, 4) is 0 Å². The van der Waals surface area contributed by atoms with E-state index >= 15 is 0 Å². The maximum absolute atomic E-state index is 12.3. The van der Waals surface area contributed by atoms with Gasteiger partial charge in [-0.2, -0.15) is 0 Å². The highest BCUT2D eigenvalue weighted by molar-refractivity contribution is 5.91. The Morgan fingerprint density at radius 3 is 2.26 bits per heavy atom. The summed E-state index contributed by atoms with van der Waals surface area (Å²) in [6.45, 7) is 6.67. The Labute approximate surface area is 115 Å². The van der Waals surface area contributed by atoms with Crippen molar-refractivity contribution in [2.24, 2.45) is 0 Å². The molecule has 1 rings (SSSR count). The molecular formula is C13H26N4O2. The zero-order chi connectivity index (χ0) is 14.1. The van der Waals surface area contributed by atoms with Gasteiger partial charge in [0.15, 0.2) is 0 Å². The molecule has 1 aliphatic carbocycles. The van der Waals surface area contributed by atoms with E-state index in [1.807, 2.05) is 13.8 Å². The second-order valence-electron chi connectivity index (χ2n) is 4.88. The summed E-state index contributed by atoms with van der Waals surface area (Å²) < 4.78 is 0. The van der Waals surface area contributed by atoms with Crippen molar-refractivity contribution < 1.29 is 9.59 Å². The summed E-state index contributed by atoms with van der Waals surface area (Å²) in [6.07, 6.45) is 3.40. The lowest BCUT2D eigenvalue weighted by molar-refractivity contribution is -0.127. The van der Waals surface area contributed by atoms with Gasteiger partial charge >= 0.3 is 6.03 Å². The maximum Gasteiger partial charge on any atom is 0.315 e. The molecule has 0 heterocycles. The first-order valence-corrected chi connectivity index (χ1v) is 7.19. The lowest BCUT2D eigenvalue weighted by Crippen LogP contribution is -2.59. The molecule has 0 radical (unpaired) electrons. The molecule has 0 aliphatic heterocycles. The third-order valence-corrected chi connectivity index (χ3v) is 3.42. The first kappa shape index (κ1) is 15.8. The summed E-state index contributed by atoms with van der Waals surface area (Å²) in [5, 5.41) is 11.6. The van der Waals surface area contributed by atoms with Crippen LogP contribution in [-0.4, -0.2) is 43.7 Å². The number of carbonyl (C=O) groups is 2. The molecule has 6 heteroatoms. The summed E-state index contributed by atoms with van der Waals surface area (Å²) >= 11 is 0. The van der Waals surface area contributed by atoms with Crippen molar-refractivity contribution in [1.29, 1.82) is 0 Å². The summed E-state index contributed by atoms with van der Waals surface area (Å²) in [5.41, 5.74) is -0.717. The van der Waals surface area contributed by atoms with Gasteiger partial charge in [-0.15, -0.1) is 0 Å². The molecule has 1 saturated carbocycles. The SMILES string of the molecule is CCNCCNC(=O)C1(NC(=O)NCC)CCCC1. The highest BCUT2D eigenvalue weighted by Gasteiger charge is 2.42. The van der Waals surface area contributed by atoms with Crippen molar-refractivity contribution in [2.75, 3.05) is 26.2 Å². The second-order valence-corrected chi connectivity index (χ2v) is 4.88. The minimum absolute atomic E-state index is 0.0610. The number of hydrogen-bond donors (Lipinski definition) is 4. The summed E-state index contributed by atoms with van der Waals surface area (Å²) in [6, 6.07) is -0.258. The fourth-order valence-electron chi connectivity index (χ4n) is 2.42. The third-order valence-electron chi connectivity index (χ3n) is 3.42. The number of likely N-dealkylation sites (N-methyl/N-ethyl adjacent to an activating group) is 1. The number of nitrogens with one attached hydrogen (secondary N) is 4. The summed E-state index contributed by atoms with van der Waals surface area (Å²) in [4.78, 5) is 24.0. The first-order chi connectivity index (χ1) is 9.14. The van der Waals surface area contributed by atoms with Gasteiger partial charge in [0.2, 0.25) is 5.91 Å². The van der Waals surface area contributed by atoms with Crippen LogP contribution in [0.3, 0.4) is 0 Å². The first-order valence-electron chi connectivity index (χ1n) is 7.19. The van der Waals surface area contributed by atoms with Crippen LogP contribution in [0.1, 0.15) is 39.5 Å². The van der Waals surface area contributed by atoms with Gasteiger partial charge in [0.05, 0.1) is 0 Å². The Bertz CT molecular complexity index is 301. The van der Waals surface area contributed by atoms with Crippen LogP contribution >= 0.6 is 0 Å². The predicted molar refractivity (Wildman–Crippen MR) is 75.0 cm³/mol. The predicted octanol–water partition coefficient (Wildman–Crippen LogP) is 0.344. The van der Waals surface area contributed by atoms with E-state index in [1.54, 1.807) is 0 Å². The Balaban J connectivity index is 2.50. The molecule has 19 heavy (non-hydrogen) atoms. The minimum Gasteiger partial charge on any atom is -0.353 e. The largest absolute Gasteiger partial charge is 0.353 e. The molecule has 0 unspecified atom stereocenters. The van der Waals surface area contributed by atoms with Gasteiger partial charge in [0.1, 0.15) is 5.54 Å². The normalized spacial score (nSPS) is 16.9. The van der Waals surface area contributed by atoms with Crippen molar-refractivity contribution >= 4 is 11.9 Å².